The Hall–Kier alpha value is -1.80. The molecule has 2 nitrogen and oxygen atoms in total. The molecule has 0 aliphatic heterocycles. The number of hydrogen-bond donors (Lipinski definition) is 2. The maximum atomic E-state index is 10.7. The topological polar surface area (TPSA) is 40.5 Å². The van der Waals surface area contributed by atoms with Crippen LogP contribution in [0.15, 0.2) is 48.5 Å². The first kappa shape index (κ1) is 11.7. The van der Waals surface area contributed by atoms with Gasteiger partial charge in [-0.05, 0) is 42.7 Å². The molecule has 2 N–H and O–H groups in total. The first-order valence-corrected chi connectivity index (χ1v) is 5.60. The van der Waals surface area contributed by atoms with Crippen molar-refractivity contribution in [1.82, 2.24) is 0 Å². The smallest absolute Gasteiger partial charge is 0.115 e. The van der Waals surface area contributed by atoms with E-state index in [1.165, 1.54) is 0 Å². The second kappa shape index (κ2) is 4.22. The van der Waals surface area contributed by atoms with Gasteiger partial charge in [-0.2, -0.15) is 0 Å². The second-order valence-corrected chi connectivity index (χ2v) is 4.44. The average molecular weight is 228 g/mol. The molecule has 1 atom stereocenters. The van der Waals surface area contributed by atoms with Gasteiger partial charge < -0.3 is 10.2 Å². The van der Waals surface area contributed by atoms with Gasteiger partial charge in [0, 0.05) is 0 Å². The fourth-order valence-electron chi connectivity index (χ4n) is 2.08. The molecule has 0 radical (unpaired) electrons. The minimum Gasteiger partial charge on any atom is -0.508 e. The summed E-state index contributed by atoms with van der Waals surface area (Å²) in [5, 5.41) is 20.1. The van der Waals surface area contributed by atoms with Gasteiger partial charge in [-0.3, -0.25) is 0 Å². The van der Waals surface area contributed by atoms with Crippen molar-refractivity contribution < 1.29 is 10.2 Å². The van der Waals surface area contributed by atoms with E-state index in [-0.39, 0.29) is 5.75 Å². The number of rotatable bonds is 2. The largest absolute Gasteiger partial charge is 0.508 e. The Bertz CT molecular complexity index is 530. The van der Waals surface area contributed by atoms with Gasteiger partial charge in [-0.25, -0.2) is 0 Å². The van der Waals surface area contributed by atoms with E-state index in [2.05, 4.69) is 0 Å². The van der Waals surface area contributed by atoms with Gasteiger partial charge in [0.1, 0.15) is 11.4 Å². The minimum atomic E-state index is -1.09. The third kappa shape index (κ3) is 2.17. The van der Waals surface area contributed by atoms with Crippen LogP contribution in [0.5, 0.6) is 5.75 Å². The highest BCUT2D eigenvalue weighted by Gasteiger charge is 2.27. The van der Waals surface area contributed by atoms with Crippen LogP contribution in [0, 0.1) is 6.92 Å². The van der Waals surface area contributed by atoms with E-state index in [0.717, 1.165) is 11.1 Å². The third-order valence-electron chi connectivity index (χ3n) is 3.08. The van der Waals surface area contributed by atoms with Crippen LogP contribution in [0.25, 0.3) is 0 Å². The Kier molecular flexibility index (Phi) is 2.90. The molecule has 2 rings (SSSR count). The van der Waals surface area contributed by atoms with Crippen molar-refractivity contribution in [2.75, 3.05) is 0 Å². The first-order chi connectivity index (χ1) is 8.01. The van der Waals surface area contributed by atoms with E-state index >= 15 is 0 Å². The van der Waals surface area contributed by atoms with Crippen molar-refractivity contribution in [2.45, 2.75) is 19.4 Å². The molecule has 0 saturated heterocycles. The first-order valence-electron chi connectivity index (χ1n) is 5.60. The molecule has 0 heterocycles. The summed E-state index contributed by atoms with van der Waals surface area (Å²) in [6.07, 6.45) is 0. The van der Waals surface area contributed by atoms with Crippen LogP contribution in [0.2, 0.25) is 0 Å². The zero-order valence-electron chi connectivity index (χ0n) is 10.0. The van der Waals surface area contributed by atoms with Gasteiger partial charge >= 0.3 is 0 Å². The number of aromatic hydroxyl groups is 1. The highest BCUT2D eigenvalue weighted by Crippen LogP contribution is 2.32. The van der Waals surface area contributed by atoms with Crippen LogP contribution in [0.4, 0.5) is 0 Å². The Morgan fingerprint density at radius 2 is 1.71 bits per heavy atom. The molecular weight excluding hydrogens is 212 g/mol. The third-order valence-corrected chi connectivity index (χ3v) is 3.08. The summed E-state index contributed by atoms with van der Waals surface area (Å²) < 4.78 is 0. The summed E-state index contributed by atoms with van der Waals surface area (Å²) in [5.74, 6) is 0.163. The molecule has 2 aromatic rings. The quantitative estimate of drug-likeness (QED) is 0.829. The van der Waals surface area contributed by atoms with Crippen molar-refractivity contribution in [2.24, 2.45) is 0 Å². The summed E-state index contributed by atoms with van der Waals surface area (Å²) in [4.78, 5) is 0. The highest BCUT2D eigenvalue weighted by atomic mass is 16.3. The zero-order chi connectivity index (χ0) is 12.5. The van der Waals surface area contributed by atoms with Crippen molar-refractivity contribution in [3.05, 3.63) is 65.2 Å². The lowest BCUT2D eigenvalue weighted by atomic mass is 9.85. The van der Waals surface area contributed by atoms with Crippen LogP contribution in [-0.4, -0.2) is 10.2 Å². The lowest BCUT2D eigenvalue weighted by Crippen LogP contribution is -2.23. The number of benzene rings is 2. The summed E-state index contributed by atoms with van der Waals surface area (Å²) >= 11 is 0. The summed E-state index contributed by atoms with van der Waals surface area (Å²) in [7, 11) is 0. The van der Waals surface area contributed by atoms with E-state index in [9.17, 15) is 10.2 Å². The van der Waals surface area contributed by atoms with E-state index in [0.29, 0.717) is 5.56 Å². The van der Waals surface area contributed by atoms with E-state index in [1.807, 2.05) is 37.3 Å². The lowest BCUT2D eigenvalue weighted by Gasteiger charge is -2.26. The lowest BCUT2D eigenvalue weighted by molar-refractivity contribution is 0.101. The molecule has 2 heteroatoms. The Morgan fingerprint density at radius 3 is 2.35 bits per heavy atom. The van der Waals surface area contributed by atoms with E-state index < -0.39 is 5.60 Å². The second-order valence-electron chi connectivity index (χ2n) is 4.44. The van der Waals surface area contributed by atoms with E-state index in [1.54, 1.807) is 25.1 Å². The zero-order valence-corrected chi connectivity index (χ0v) is 10.0. The summed E-state index contributed by atoms with van der Waals surface area (Å²) in [6.45, 7) is 3.71. The Balaban J connectivity index is 2.53. The van der Waals surface area contributed by atoms with Crippen LogP contribution in [0.3, 0.4) is 0 Å². The van der Waals surface area contributed by atoms with Crippen molar-refractivity contribution >= 4 is 0 Å². The number of phenols is 1. The molecule has 0 aliphatic rings. The van der Waals surface area contributed by atoms with Gasteiger partial charge in [-0.1, -0.05) is 36.4 Å². The Labute approximate surface area is 101 Å². The van der Waals surface area contributed by atoms with Crippen molar-refractivity contribution in [3.8, 4) is 5.75 Å². The van der Waals surface area contributed by atoms with Gasteiger partial charge in [-0.15, -0.1) is 0 Å². The molecule has 0 fully saturated rings. The predicted octanol–water partition coefficient (Wildman–Crippen LogP) is 2.96. The summed E-state index contributed by atoms with van der Waals surface area (Å²) in [6, 6.07) is 14.4. The molecule has 0 aromatic heterocycles. The van der Waals surface area contributed by atoms with Crippen LogP contribution >= 0.6 is 0 Å². The van der Waals surface area contributed by atoms with Crippen LogP contribution in [0.1, 0.15) is 23.6 Å². The average Bonchev–Trinajstić information content (AvgIpc) is 2.29. The minimum absolute atomic E-state index is 0.163. The fraction of sp³-hybridized carbons (Fsp3) is 0.200. The normalized spacial score (nSPS) is 14.3. The molecule has 0 spiro atoms. The fourth-order valence-corrected chi connectivity index (χ4v) is 2.08. The van der Waals surface area contributed by atoms with E-state index in [4.69, 9.17) is 0 Å². The number of aliphatic hydroxyl groups is 1. The van der Waals surface area contributed by atoms with Gasteiger partial charge in [0.25, 0.3) is 0 Å². The van der Waals surface area contributed by atoms with Crippen molar-refractivity contribution in [3.63, 3.8) is 0 Å². The Morgan fingerprint density at radius 1 is 1.00 bits per heavy atom. The highest BCUT2D eigenvalue weighted by molar-refractivity contribution is 5.41. The summed E-state index contributed by atoms with van der Waals surface area (Å²) in [5.41, 5.74) is 1.47. The monoisotopic (exact) mass is 228 g/mol. The number of hydrogen-bond acceptors (Lipinski definition) is 2. The maximum absolute atomic E-state index is 10.7. The van der Waals surface area contributed by atoms with Gasteiger partial charge in [0.15, 0.2) is 0 Å². The molecule has 88 valence electrons. The molecule has 0 saturated carbocycles. The molecule has 17 heavy (non-hydrogen) atoms. The maximum Gasteiger partial charge on any atom is 0.115 e. The standard InChI is InChI=1S/C15H16O2/c1-11-6-3-4-9-14(11)15(2,17)12-7-5-8-13(16)10-12/h3-10,16-17H,1-2H3. The van der Waals surface area contributed by atoms with Crippen LogP contribution in [-0.2, 0) is 5.60 Å². The van der Waals surface area contributed by atoms with Gasteiger partial charge in [0.2, 0.25) is 0 Å². The SMILES string of the molecule is Cc1ccccc1C(C)(O)c1cccc(O)c1. The van der Waals surface area contributed by atoms with Crippen LogP contribution < -0.4 is 0 Å². The van der Waals surface area contributed by atoms with Gasteiger partial charge in [0.05, 0.1) is 0 Å². The molecule has 0 amide bonds. The van der Waals surface area contributed by atoms with Crippen molar-refractivity contribution in [1.29, 1.82) is 0 Å². The molecule has 0 bridgehead atoms. The molecular formula is C15H16O2. The molecule has 2 aromatic carbocycles. The molecule has 1 unspecified atom stereocenters. The predicted molar refractivity (Wildman–Crippen MR) is 68.0 cm³/mol. The molecule has 0 aliphatic carbocycles. The number of phenolic OH excluding ortho intramolecular Hbond substituents is 1. The number of aryl methyl sites for hydroxylation is 1.